The minimum atomic E-state index is 0.224. The Morgan fingerprint density at radius 3 is 2.20 bits per heavy atom. The molecular weight excluding hydrogens is 306 g/mol. The van der Waals surface area contributed by atoms with Gasteiger partial charge in [0.2, 0.25) is 0 Å². The van der Waals surface area contributed by atoms with Gasteiger partial charge in [0, 0.05) is 6.07 Å². The van der Waals surface area contributed by atoms with Gasteiger partial charge in [-0.05, 0) is 70.4 Å². The standard InChI is InChI=1S/C23H31NO/c1-15(2)18(13-17-8-11-24-25-17)19-14-21-20(12-16(19)3)22(4,5)9-10-23(21,6)7/h8,11-15H,9-10H2,1-7H3/b18-13+. The van der Waals surface area contributed by atoms with Crippen LogP contribution in [0.3, 0.4) is 0 Å². The maximum atomic E-state index is 5.34. The molecule has 0 aliphatic heterocycles. The average Bonchev–Trinajstić information content (AvgIpc) is 3.02. The summed E-state index contributed by atoms with van der Waals surface area (Å²) in [5, 5.41) is 3.84. The molecule has 2 aromatic rings. The zero-order valence-corrected chi connectivity index (χ0v) is 16.7. The summed E-state index contributed by atoms with van der Waals surface area (Å²) in [6.45, 7) is 16.3. The SMILES string of the molecule is Cc1cc2c(cc1/C(=C/c1ccno1)C(C)C)C(C)(C)CCC2(C)C. The van der Waals surface area contributed by atoms with Crippen molar-refractivity contribution in [2.75, 3.05) is 0 Å². The van der Waals surface area contributed by atoms with Gasteiger partial charge < -0.3 is 4.52 Å². The van der Waals surface area contributed by atoms with E-state index in [0.717, 1.165) is 5.76 Å². The molecule has 134 valence electrons. The molecule has 0 N–H and O–H groups in total. The third kappa shape index (κ3) is 3.31. The zero-order valence-electron chi connectivity index (χ0n) is 16.7. The van der Waals surface area contributed by atoms with Crippen LogP contribution in [0, 0.1) is 12.8 Å². The Bertz CT molecular complexity index is 792. The highest BCUT2D eigenvalue weighted by atomic mass is 16.5. The van der Waals surface area contributed by atoms with Crippen LogP contribution < -0.4 is 0 Å². The third-order valence-electron chi connectivity index (χ3n) is 5.89. The summed E-state index contributed by atoms with van der Waals surface area (Å²) in [6.07, 6.45) is 6.33. The number of nitrogens with zero attached hydrogens (tertiary/aromatic N) is 1. The van der Waals surface area contributed by atoms with Gasteiger partial charge in [0.1, 0.15) is 0 Å². The zero-order chi connectivity index (χ0) is 18.4. The van der Waals surface area contributed by atoms with Crippen LogP contribution in [0.5, 0.6) is 0 Å². The molecule has 0 amide bonds. The van der Waals surface area contributed by atoms with Gasteiger partial charge in [-0.15, -0.1) is 0 Å². The Labute approximate surface area is 152 Å². The predicted molar refractivity (Wildman–Crippen MR) is 106 cm³/mol. The quantitative estimate of drug-likeness (QED) is 0.636. The van der Waals surface area contributed by atoms with Crippen molar-refractivity contribution in [3.05, 3.63) is 52.4 Å². The summed E-state index contributed by atoms with van der Waals surface area (Å²) >= 11 is 0. The van der Waals surface area contributed by atoms with E-state index in [9.17, 15) is 0 Å². The van der Waals surface area contributed by atoms with Crippen molar-refractivity contribution in [3.8, 4) is 0 Å². The summed E-state index contributed by atoms with van der Waals surface area (Å²) in [7, 11) is 0. The van der Waals surface area contributed by atoms with E-state index in [2.05, 4.69) is 71.8 Å². The minimum Gasteiger partial charge on any atom is -0.357 e. The van der Waals surface area contributed by atoms with Gasteiger partial charge in [0.25, 0.3) is 0 Å². The molecule has 0 unspecified atom stereocenters. The topological polar surface area (TPSA) is 26.0 Å². The highest BCUT2D eigenvalue weighted by molar-refractivity contribution is 5.83. The lowest BCUT2D eigenvalue weighted by atomic mass is 9.62. The summed E-state index contributed by atoms with van der Waals surface area (Å²) in [5.74, 6) is 1.24. The summed E-state index contributed by atoms with van der Waals surface area (Å²) < 4.78 is 5.34. The number of benzene rings is 1. The first-order valence-corrected chi connectivity index (χ1v) is 9.40. The largest absolute Gasteiger partial charge is 0.357 e. The van der Waals surface area contributed by atoms with Gasteiger partial charge in [-0.2, -0.15) is 0 Å². The molecule has 3 rings (SSSR count). The van der Waals surface area contributed by atoms with E-state index in [1.807, 2.05) is 6.07 Å². The number of allylic oxidation sites excluding steroid dienone is 1. The Morgan fingerprint density at radius 2 is 1.68 bits per heavy atom. The average molecular weight is 338 g/mol. The van der Waals surface area contributed by atoms with Gasteiger partial charge in [0.15, 0.2) is 5.76 Å². The first-order chi connectivity index (χ1) is 11.6. The van der Waals surface area contributed by atoms with Crippen LogP contribution in [0.25, 0.3) is 11.6 Å². The molecule has 1 aliphatic carbocycles. The molecular formula is C23H31NO. The molecule has 1 aliphatic rings. The number of rotatable bonds is 3. The molecule has 0 fully saturated rings. The normalized spacial score (nSPS) is 19.1. The molecule has 0 atom stereocenters. The van der Waals surface area contributed by atoms with Crippen molar-refractivity contribution in [3.63, 3.8) is 0 Å². The van der Waals surface area contributed by atoms with Crippen LogP contribution in [0.1, 0.15) is 82.4 Å². The van der Waals surface area contributed by atoms with Crippen molar-refractivity contribution in [1.82, 2.24) is 5.16 Å². The van der Waals surface area contributed by atoms with Crippen LogP contribution in [0.2, 0.25) is 0 Å². The van der Waals surface area contributed by atoms with Gasteiger partial charge in [0.05, 0.1) is 6.20 Å². The van der Waals surface area contributed by atoms with E-state index in [0.29, 0.717) is 5.92 Å². The smallest absolute Gasteiger partial charge is 0.159 e. The van der Waals surface area contributed by atoms with Gasteiger partial charge in [-0.25, -0.2) is 0 Å². The van der Waals surface area contributed by atoms with Crippen molar-refractivity contribution >= 4 is 11.6 Å². The predicted octanol–water partition coefficient (Wildman–Crippen LogP) is 6.53. The molecule has 2 heteroatoms. The maximum absolute atomic E-state index is 5.34. The first-order valence-electron chi connectivity index (χ1n) is 9.40. The lowest BCUT2D eigenvalue weighted by Crippen LogP contribution is -2.34. The second kappa shape index (κ2) is 6.16. The Kier molecular flexibility index (Phi) is 4.43. The van der Waals surface area contributed by atoms with Crippen LogP contribution >= 0.6 is 0 Å². The number of aromatic nitrogens is 1. The van der Waals surface area contributed by atoms with E-state index >= 15 is 0 Å². The van der Waals surface area contributed by atoms with E-state index in [4.69, 9.17) is 4.52 Å². The molecule has 25 heavy (non-hydrogen) atoms. The van der Waals surface area contributed by atoms with Crippen LogP contribution in [-0.4, -0.2) is 5.16 Å². The fraction of sp³-hybridized carbons (Fsp3) is 0.522. The molecule has 0 spiro atoms. The third-order valence-corrected chi connectivity index (χ3v) is 5.89. The fourth-order valence-corrected chi connectivity index (χ4v) is 4.04. The van der Waals surface area contributed by atoms with Crippen LogP contribution in [0.15, 0.2) is 28.9 Å². The fourth-order valence-electron chi connectivity index (χ4n) is 4.04. The molecule has 1 aromatic carbocycles. The van der Waals surface area contributed by atoms with Crippen molar-refractivity contribution < 1.29 is 4.52 Å². The van der Waals surface area contributed by atoms with E-state index in [1.165, 1.54) is 40.7 Å². The Morgan fingerprint density at radius 1 is 1.08 bits per heavy atom. The molecule has 1 aromatic heterocycles. The van der Waals surface area contributed by atoms with Gasteiger partial charge in [-0.1, -0.05) is 58.8 Å². The lowest BCUT2D eigenvalue weighted by Gasteiger charge is -2.42. The Balaban J connectivity index is 2.21. The second-order valence-electron chi connectivity index (χ2n) is 9.15. The first kappa shape index (κ1) is 18.0. The summed E-state index contributed by atoms with van der Waals surface area (Å²) in [6, 6.07) is 6.80. The van der Waals surface area contributed by atoms with Gasteiger partial charge in [-0.3, -0.25) is 0 Å². The summed E-state index contributed by atoms with van der Waals surface area (Å²) in [4.78, 5) is 0. The van der Waals surface area contributed by atoms with Crippen molar-refractivity contribution in [2.45, 2.75) is 72.1 Å². The number of hydrogen-bond donors (Lipinski definition) is 0. The highest BCUT2D eigenvalue weighted by Gasteiger charge is 2.37. The number of hydrogen-bond acceptors (Lipinski definition) is 2. The van der Waals surface area contributed by atoms with Crippen LogP contribution in [-0.2, 0) is 10.8 Å². The van der Waals surface area contributed by atoms with E-state index < -0.39 is 0 Å². The molecule has 1 heterocycles. The van der Waals surface area contributed by atoms with Crippen molar-refractivity contribution in [2.24, 2.45) is 5.92 Å². The number of fused-ring (bicyclic) bond motifs is 1. The molecule has 0 saturated carbocycles. The monoisotopic (exact) mass is 337 g/mol. The minimum absolute atomic E-state index is 0.224. The van der Waals surface area contributed by atoms with E-state index in [1.54, 1.807) is 6.20 Å². The lowest BCUT2D eigenvalue weighted by molar-refractivity contribution is 0.331. The molecule has 0 saturated heterocycles. The van der Waals surface area contributed by atoms with Crippen molar-refractivity contribution in [1.29, 1.82) is 0 Å². The molecule has 0 radical (unpaired) electrons. The highest BCUT2D eigenvalue weighted by Crippen LogP contribution is 2.47. The number of aryl methyl sites for hydroxylation is 1. The summed E-state index contributed by atoms with van der Waals surface area (Å²) in [5.41, 5.74) is 7.51. The Hall–Kier alpha value is -1.83. The second-order valence-corrected chi connectivity index (χ2v) is 9.15. The van der Waals surface area contributed by atoms with Gasteiger partial charge >= 0.3 is 0 Å². The molecule has 0 bridgehead atoms. The maximum Gasteiger partial charge on any atom is 0.159 e. The van der Waals surface area contributed by atoms with Crippen LogP contribution in [0.4, 0.5) is 0 Å². The van der Waals surface area contributed by atoms with E-state index in [-0.39, 0.29) is 10.8 Å². The molecule has 2 nitrogen and oxygen atoms in total.